The Bertz CT molecular complexity index is 986. The van der Waals surface area contributed by atoms with Gasteiger partial charge in [-0.3, -0.25) is 0 Å². The van der Waals surface area contributed by atoms with Crippen LogP contribution in [0.5, 0.6) is 0 Å². The molecule has 118 valence electrons. The van der Waals surface area contributed by atoms with E-state index in [1.165, 1.54) is 18.4 Å². The SMILES string of the molecule is C=Cc1cc2cc(S(C)(=O)=O)ccc2n1Cc1ccc(F)cc1. The van der Waals surface area contributed by atoms with Gasteiger partial charge in [0.15, 0.2) is 9.84 Å². The van der Waals surface area contributed by atoms with Crippen molar-refractivity contribution in [3.63, 3.8) is 0 Å². The standard InChI is InChI=1S/C18H16FNO2S/c1-3-16-10-14-11-17(23(2,21)22)8-9-18(14)20(16)12-13-4-6-15(19)7-5-13/h3-11H,1,12H2,2H3. The summed E-state index contributed by atoms with van der Waals surface area (Å²) in [6.07, 6.45) is 2.92. The molecule has 1 aromatic heterocycles. The largest absolute Gasteiger partial charge is 0.337 e. The van der Waals surface area contributed by atoms with Gasteiger partial charge in [-0.2, -0.15) is 0 Å². The number of fused-ring (bicyclic) bond motifs is 1. The van der Waals surface area contributed by atoms with Crippen molar-refractivity contribution >= 4 is 26.8 Å². The van der Waals surface area contributed by atoms with Crippen LogP contribution in [0.15, 0.2) is 60.0 Å². The van der Waals surface area contributed by atoms with Crippen molar-refractivity contribution in [2.75, 3.05) is 6.26 Å². The molecular formula is C18H16FNO2S. The monoisotopic (exact) mass is 329 g/mol. The number of benzene rings is 2. The molecule has 0 amide bonds. The molecule has 0 saturated carbocycles. The fourth-order valence-corrected chi connectivity index (χ4v) is 3.28. The van der Waals surface area contributed by atoms with Gasteiger partial charge in [-0.15, -0.1) is 0 Å². The van der Waals surface area contributed by atoms with Crippen LogP contribution in [0.1, 0.15) is 11.3 Å². The highest BCUT2D eigenvalue weighted by Crippen LogP contribution is 2.25. The molecule has 0 atom stereocenters. The Morgan fingerprint density at radius 3 is 2.43 bits per heavy atom. The lowest BCUT2D eigenvalue weighted by Crippen LogP contribution is -2.02. The normalized spacial score (nSPS) is 11.7. The highest BCUT2D eigenvalue weighted by Gasteiger charge is 2.12. The third-order valence-electron chi connectivity index (χ3n) is 3.80. The molecule has 3 rings (SSSR count). The zero-order valence-corrected chi connectivity index (χ0v) is 13.5. The molecule has 0 radical (unpaired) electrons. The molecule has 0 bridgehead atoms. The van der Waals surface area contributed by atoms with Gasteiger partial charge >= 0.3 is 0 Å². The summed E-state index contributed by atoms with van der Waals surface area (Å²) in [6.45, 7) is 4.37. The van der Waals surface area contributed by atoms with E-state index in [9.17, 15) is 12.8 Å². The van der Waals surface area contributed by atoms with Crippen molar-refractivity contribution < 1.29 is 12.8 Å². The number of hydrogen-bond donors (Lipinski definition) is 0. The predicted octanol–water partition coefficient (Wildman–Crippen LogP) is 3.88. The van der Waals surface area contributed by atoms with Gasteiger partial charge in [0, 0.05) is 29.4 Å². The van der Waals surface area contributed by atoms with Gasteiger partial charge in [0.2, 0.25) is 0 Å². The molecule has 0 aliphatic heterocycles. The molecule has 0 aliphatic carbocycles. The average molecular weight is 329 g/mol. The van der Waals surface area contributed by atoms with Crippen LogP contribution in [0.25, 0.3) is 17.0 Å². The maximum Gasteiger partial charge on any atom is 0.175 e. The van der Waals surface area contributed by atoms with Crippen LogP contribution in [0.2, 0.25) is 0 Å². The topological polar surface area (TPSA) is 39.1 Å². The smallest absolute Gasteiger partial charge is 0.175 e. The second kappa shape index (κ2) is 5.66. The first-order chi connectivity index (χ1) is 10.9. The third kappa shape index (κ3) is 3.05. The van der Waals surface area contributed by atoms with Crippen LogP contribution in [-0.2, 0) is 16.4 Å². The van der Waals surface area contributed by atoms with Gasteiger partial charge in [-0.25, -0.2) is 12.8 Å². The van der Waals surface area contributed by atoms with Crippen molar-refractivity contribution in [2.45, 2.75) is 11.4 Å². The van der Waals surface area contributed by atoms with E-state index in [4.69, 9.17) is 0 Å². The van der Waals surface area contributed by atoms with E-state index < -0.39 is 9.84 Å². The van der Waals surface area contributed by atoms with Gasteiger partial charge in [0.05, 0.1) is 4.90 Å². The lowest BCUT2D eigenvalue weighted by molar-refractivity contribution is 0.602. The Hall–Kier alpha value is -2.40. The first-order valence-corrected chi connectivity index (χ1v) is 8.98. The molecule has 1 heterocycles. The Labute approximate surface area is 134 Å². The summed E-state index contributed by atoms with van der Waals surface area (Å²) in [5.41, 5.74) is 2.76. The van der Waals surface area contributed by atoms with E-state index in [2.05, 4.69) is 6.58 Å². The van der Waals surface area contributed by atoms with Gasteiger partial charge in [-0.05, 0) is 48.0 Å². The minimum Gasteiger partial charge on any atom is -0.337 e. The molecule has 5 heteroatoms. The van der Waals surface area contributed by atoms with Crippen LogP contribution < -0.4 is 0 Å². The Balaban J connectivity index is 2.12. The number of nitrogens with zero attached hydrogens (tertiary/aromatic N) is 1. The second-order valence-electron chi connectivity index (χ2n) is 5.48. The van der Waals surface area contributed by atoms with Crippen LogP contribution in [-0.4, -0.2) is 19.2 Å². The summed E-state index contributed by atoms with van der Waals surface area (Å²) >= 11 is 0. The molecule has 0 fully saturated rings. The summed E-state index contributed by atoms with van der Waals surface area (Å²) in [6, 6.07) is 13.3. The number of halogens is 1. The van der Waals surface area contributed by atoms with Crippen LogP contribution in [0, 0.1) is 5.82 Å². The molecule has 0 saturated heterocycles. The summed E-state index contributed by atoms with van der Waals surface area (Å²) < 4.78 is 38.5. The average Bonchev–Trinajstić information content (AvgIpc) is 2.86. The Morgan fingerprint density at radius 1 is 1.13 bits per heavy atom. The first-order valence-electron chi connectivity index (χ1n) is 7.09. The lowest BCUT2D eigenvalue weighted by atomic mass is 10.2. The van der Waals surface area contributed by atoms with Crippen molar-refractivity contribution in [3.8, 4) is 0 Å². The maximum absolute atomic E-state index is 13.0. The van der Waals surface area contributed by atoms with Gasteiger partial charge in [0.25, 0.3) is 0 Å². The number of hydrogen-bond acceptors (Lipinski definition) is 2. The van der Waals surface area contributed by atoms with Crippen molar-refractivity contribution in [2.24, 2.45) is 0 Å². The van der Waals surface area contributed by atoms with E-state index in [1.807, 2.05) is 10.6 Å². The molecule has 2 aromatic carbocycles. The first kappa shape index (κ1) is 15.5. The van der Waals surface area contributed by atoms with E-state index in [0.717, 1.165) is 22.2 Å². The Morgan fingerprint density at radius 2 is 1.83 bits per heavy atom. The zero-order valence-electron chi connectivity index (χ0n) is 12.7. The molecule has 23 heavy (non-hydrogen) atoms. The highest BCUT2D eigenvalue weighted by molar-refractivity contribution is 7.90. The fraction of sp³-hybridized carbons (Fsp3) is 0.111. The van der Waals surface area contributed by atoms with Crippen LogP contribution in [0.3, 0.4) is 0 Å². The molecule has 3 aromatic rings. The van der Waals surface area contributed by atoms with E-state index >= 15 is 0 Å². The molecular weight excluding hydrogens is 313 g/mol. The van der Waals surface area contributed by atoms with Crippen molar-refractivity contribution in [1.29, 1.82) is 0 Å². The Kier molecular flexibility index (Phi) is 3.82. The quantitative estimate of drug-likeness (QED) is 0.729. The number of aromatic nitrogens is 1. The van der Waals surface area contributed by atoms with Gasteiger partial charge in [0.1, 0.15) is 5.82 Å². The number of rotatable bonds is 4. The summed E-state index contributed by atoms with van der Waals surface area (Å²) in [5.74, 6) is -0.271. The fourth-order valence-electron chi connectivity index (χ4n) is 2.62. The van der Waals surface area contributed by atoms with Crippen molar-refractivity contribution in [3.05, 3.63) is 72.2 Å². The van der Waals surface area contributed by atoms with Crippen LogP contribution in [0.4, 0.5) is 4.39 Å². The molecule has 0 N–H and O–H groups in total. The molecule has 0 aliphatic rings. The van der Waals surface area contributed by atoms with Gasteiger partial charge in [-0.1, -0.05) is 18.7 Å². The van der Waals surface area contributed by atoms with E-state index in [0.29, 0.717) is 11.4 Å². The van der Waals surface area contributed by atoms with Crippen molar-refractivity contribution in [1.82, 2.24) is 4.57 Å². The predicted molar refractivity (Wildman–Crippen MR) is 90.6 cm³/mol. The van der Waals surface area contributed by atoms with E-state index in [-0.39, 0.29) is 5.82 Å². The molecule has 0 unspecified atom stereocenters. The third-order valence-corrected chi connectivity index (χ3v) is 4.91. The molecule has 0 spiro atoms. The van der Waals surface area contributed by atoms with Crippen LogP contribution >= 0.6 is 0 Å². The second-order valence-corrected chi connectivity index (χ2v) is 7.49. The highest BCUT2D eigenvalue weighted by atomic mass is 32.2. The number of sulfone groups is 1. The minimum absolute atomic E-state index is 0.271. The maximum atomic E-state index is 13.0. The zero-order chi connectivity index (χ0) is 16.6. The minimum atomic E-state index is -3.25. The summed E-state index contributed by atoms with van der Waals surface area (Å²) in [5, 5.41) is 0.838. The van der Waals surface area contributed by atoms with E-state index in [1.54, 1.807) is 36.4 Å². The summed E-state index contributed by atoms with van der Waals surface area (Å²) in [4.78, 5) is 0.291. The molecule has 3 nitrogen and oxygen atoms in total. The van der Waals surface area contributed by atoms with Gasteiger partial charge < -0.3 is 4.57 Å². The lowest BCUT2D eigenvalue weighted by Gasteiger charge is -2.09. The summed E-state index contributed by atoms with van der Waals surface area (Å²) in [7, 11) is -3.25.